The van der Waals surface area contributed by atoms with Crippen LogP contribution < -0.4 is 0 Å². The summed E-state index contributed by atoms with van der Waals surface area (Å²) in [6.07, 6.45) is 3.72. The molecule has 4 heterocycles. The number of aryl methyl sites for hydroxylation is 1. The van der Waals surface area contributed by atoms with Crippen LogP contribution in [0.4, 0.5) is 0 Å². The van der Waals surface area contributed by atoms with Gasteiger partial charge in [-0.25, -0.2) is 5.06 Å². The minimum Gasteiger partial charge on any atom is -0.361 e. The zero-order chi connectivity index (χ0) is 16.5. The minimum absolute atomic E-state index is 0.0271. The van der Waals surface area contributed by atoms with Crippen LogP contribution in [0.3, 0.4) is 0 Å². The Balaban J connectivity index is 1.53. The first-order chi connectivity index (χ1) is 11.7. The van der Waals surface area contributed by atoms with E-state index in [1.807, 2.05) is 23.7 Å². The molecule has 8 nitrogen and oxygen atoms in total. The van der Waals surface area contributed by atoms with E-state index in [9.17, 15) is 4.79 Å². The highest BCUT2D eigenvalue weighted by molar-refractivity contribution is 5.80. The van der Waals surface area contributed by atoms with Gasteiger partial charge in [-0.05, 0) is 25.8 Å². The molecule has 0 N–H and O–H groups in total. The van der Waals surface area contributed by atoms with E-state index in [0.717, 1.165) is 36.5 Å². The van der Waals surface area contributed by atoms with E-state index in [0.29, 0.717) is 26.2 Å². The van der Waals surface area contributed by atoms with E-state index in [2.05, 4.69) is 15.2 Å². The van der Waals surface area contributed by atoms with Gasteiger partial charge in [-0.3, -0.25) is 19.2 Å². The first-order valence-corrected chi connectivity index (χ1v) is 8.32. The lowest BCUT2D eigenvalue weighted by Gasteiger charge is -2.36. The number of nitrogens with zero attached hydrogens (tertiary/aromatic N) is 5. The largest absolute Gasteiger partial charge is 0.361 e. The van der Waals surface area contributed by atoms with Gasteiger partial charge in [0.2, 0.25) is 0 Å². The number of carbonyl (C=O) groups excluding carboxylic acids is 1. The molecular formula is C16H21N5O3. The van der Waals surface area contributed by atoms with Crippen molar-refractivity contribution in [3.8, 4) is 0 Å². The summed E-state index contributed by atoms with van der Waals surface area (Å²) in [4.78, 5) is 20.6. The molecule has 0 bridgehead atoms. The van der Waals surface area contributed by atoms with Gasteiger partial charge in [0, 0.05) is 38.4 Å². The Morgan fingerprint density at radius 3 is 3.08 bits per heavy atom. The van der Waals surface area contributed by atoms with Crippen LogP contribution in [-0.4, -0.2) is 50.5 Å². The molecule has 24 heavy (non-hydrogen) atoms. The summed E-state index contributed by atoms with van der Waals surface area (Å²) in [6, 6.07) is 3.52. The van der Waals surface area contributed by atoms with E-state index < -0.39 is 0 Å². The number of rotatable bonds is 3. The van der Waals surface area contributed by atoms with Crippen LogP contribution in [-0.2, 0) is 22.7 Å². The van der Waals surface area contributed by atoms with Crippen molar-refractivity contribution in [1.82, 2.24) is 24.9 Å². The normalized spacial score (nSPS) is 21.7. The Morgan fingerprint density at radius 1 is 1.42 bits per heavy atom. The summed E-state index contributed by atoms with van der Waals surface area (Å²) in [5.74, 6) is 0.766. The second kappa shape index (κ2) is 6.37. The molecule has 1 saturated heterocycles. The van der Waals surface area contributed by atoms with Crippen LogP contribution in [0, 0.1) is 6.92 Å². The summed E-state index contributed by atoms with van der Waals surface area (Å²) >= 11 is 0. The topological polar surface area (TPSA) is 76.6 Å². The highest BCUT2D eigenvalue weighted by Crippen LogP contribution is 2.24. The Bertz CT molecular complexity index is 719. The number of hydrogen-bond donors (Lipinski definition) is 0. The zero-order valence-electron chi connectivity index (χ0n) is 13.7. The second-order valence-electron chi connectivity index (χ2n) is 6.36. The van der Waals surface area contributed by atoms with Crippen LogP contribution in [0.5, 0.6) is 0 Å². The molecule has 128 valence electrons. The van der Waals surface area contributed by atoms with Crippen molar-refractivity contribution in [2.45, 2.75) is 38.9 Å². The number of hydroxylamine groups is 2. The number of carbonyl (C=O) groups is 1. The van der Waals surface area contributed by atoms with E-state index >= 15 is 0 Å². The maximum atomic E-state index is 12.9. The standard InChI is InChI=1S/C16H21N5O3/c1-12-8-13(18-24-12)9-19-10-14-4-5-17-21(14)15(11-19)16(22)20-6-2-3-7-23-20/h4-5,8,15H,2-3,6-7,9-11H2,1H3. The van der Waals surface area contributed by atoms with Crippen LogP contribution in [0.25, 0.3) is 0 Å². The molecule has 4 rings (SSSR count). The van der Waals surface area contributed by atoms with Gasteiger partial charge in [0.15, 0.2) is 0 Å². The molecule has 2 aliphatic rings. The van der Waals surface area contributed by atoms with Crippen molar-refractivity contribution >= 4 is 5.91 Å². The molecule has 1 unspecified atom stereocenters. The Hall–Kier alpha value is -2.19. The van der Waals surface area contributed by atoms with Crippen LogP contribution >= 0.6 is 0 Å². The van der Waals surface area contributed by atoms with Crippen LogP contribution in [0.1, 0.15) is 36.0 Å². The number of aromatic nitrogens is 3. The summed E-state index contributed by atoms with van der Waals surface area (Å²) < 4.78 is 6.96. The first kappa shape index (κ1) is 15.3. The SMILES string of the molecule is Cc1cc(CN2Cc3ccnn3C(C(=O)N3CCCCO3)C2)no1. The molecule has 0 spiro atoms. The lowest BCUT2D eigenvalue weighted by Crippen LogP contribution is -2.47. The number of fused-ring (bicyclic) bond motifs is 1. The maximum Gasteiger partial charge on any atom is 0.272 e. The van der Waals surface area contributed by atoms with Crippen LogP contribution in [0.2, 0.25) is 0 Å². The predicted octanol–water partition coefficient (Wildman–Crippen LogP) is 1.29. The van der Waals surface area contributed by atoms with Gasteiger partial charge in [0.25, 0.3) is 5.91 Å². The molecule has 2 aromatic rings. The van der Waals surface area contributed by atoms with Gasteiger partial charge in [-0.15, -0.1) is 0 Å². The highest BCUT2D eigenvalue weighted by Gasteiger charge is 2.35. The summed E-state index contributed by atoms with van der Waals surface area (Å²) in [5.41, 5.74) is 1.90. The third-order valence-corrected chi connectivity index (χ3v) is 4.46. The molecule has 0 aliphatic carbocycles. The van der Waals surface area contributed by atoms with Crippen molar-refractivity contribution in [3.63, 3.8) is 0 Å². The molecule has 1 atom stereocenters. The fraction of sp³-hybridized carbons (Fsp3) is 0.562. The van der Waals surface area contributed by atoms with Gasteiger partial charge in [-0.1, -0.05) is 5.16 Å². The van der Waals surface area contributed by atoms with Crippen molar-refractivity contribution in [1.29, 1.82) is 0 Å². The van der Waals surface area contributed by atoms with Crippen molar-refractivity contribution in [3.05, 3.63) is 35.5 Å². The van der Waals surface area contributed by atoms with Crippen molar-refractivity contribution in [2.75, 3.05) is 19.7 Å². The lowest BCUT2D eigenvalue weighted by atomic mass is 10.1. The highest BCUT2D eigenvalue weighted by atomic mass is 16.7. The van der Waals surface area contributed by atoms with Crippen LogP contribution in [0.15, 0.2) is 22.9 Å². The molecule has 0 saturated carbocycles. The summed E-state index contributed by atoms with van der Waals surface area (Å²) in [6.45, 7) is 5.09. The monoisotopic (exact) mass is 331 g/mol. The molecule has 8 heteroatoms. The third kappa shape index (κ3) is 2.94. The van der Waals surface area contributed by atoms with E-state index in [-0.39, 0.29) is 11.9 Å². The molecular weight excluding hydrogens is 310 g/mol. The number of amides is 1. The summed E-state index contributed by atoms with van der Waals surface area (Å²) in [7, 11) is 0. The van der Waals surface area contributed by atoms with Gasteiger partial charge >= 0.3 is 0 Å². The first-order valence-electron chi connectivity index (χ1n) is 8.32. The molecule has 2 aromatic heterocycles. The molecule has 0 radical (unpaired) electrons. The van der Waals surface area contributed by atoms with Gasteiger partial charge < -0.3 is 4.52 Å². The fourth-order valence-electron chi connectivity index (χ4n) is 3.32. The molecule has 1 amide bonds. The van der Waals surface area contributed by atoms with Crippen molar-refractivity contribution < 1.29 is 14.2 Å². The van der Waals surface area contributed by atoms with E-state index in [4.69, 9.17) is 9.36 Å². The zero-order valence-corrected chi connectivity index (χ0v) is 13.7. The van der Waals surface area contributed by atoms with Gasteiger partial charge in [0.05, 0.1) is 18.0 Å². The van der Waals surface area contributed by atoms with Gasteiger partial charge in [0.1, 0.15) is 11.8 Å². The minimum atomic E-state index is -0.366. The average Bonchev–Trinajstić information content (AvgIpc) is 3.23. The van der Waals surface area contributed by atoms with Crippen molar-refractivity contribution in [2.24, 2.45) is 0 Å². The third-order valence-electron chi connectivity index (χ3n) is 4.46. The second-order valence-corrected chi connectivity index (χ2v) is 6.36. The Kier molecular flexibility index (Phi) is 4.07. The summed E-state index contributed by atoms with van der Waals surface area (Å²) in [5, 5.41) is 9.91. The van der Waals surface area contributed by atoms with Gasteiger partial charge in [-0.2, -0.15) is 5.10 Å². The lowest BCUT2D eigenvalue weighted by molar-refractivity contribution is -0.201. The molecule has 0 aromatic carbocycles. The Labute approximate surface area is 139 Å². The maximum absolute atomic E-state index is 12.9. The molecule has 2 aliphatic heterocycles. The van der Waals surface area contributed by atoms with E-state index in [1.165, 1.54) is 5.06 Å². The number of hydrogen-bond acceptors (Lipinski definition) is 6. The average molecular weight is 331 g/mol. The quantitative estimate of drug-likeness (QED) is 0.843. The predicted molar refractivity (Wildman–Crippen MR) is 83.5 cm³/mol. The van der Waals surface area contributed by atoms with E-state index in [1.54, 1.807) is 6.20 Å². The Morgan fingerprint density at radius 2 is 2.33 bits per heavy atom. The molecule has 1 fully saturated rings. The smallest absolute Gasteiger partial charge is 0.272 e. The fourth-order valence-corrected chi connectivity index (χ4v) is 3.32.